The number of rotatable bonds is 4. The highest BCUT2D eigenvalue weighted by molar-refractivity contribution is 6.31. The first-order valence-corrected chi connectivity index (χ1v) is 5.62. The highest BCUT2D eigenvalue weighted by Gasteiger charge is 2.15. The summed E-state index contributed by atoms with van der Waals surface area (Å²) in [7, 11) is 5.20. The van der Waals surface area contributed by atoms with Gasteiger partial charge in [-0.25, -0.2) is 0 Å². The molecule has 1 aromatic carbocycles. The summed E-state index contributed by atoms with van der Waals surface area (Å²) < 4.78 is 4.57. The molecule has 0 fully saturated rings. The van der Waals surface area contributed by atoms with Gasteiger partial charge < -0.3 is 15.4 Å². The second-order valence-corrected chi connectivity index (χ2v) is 4.39. The largest absolute Gasteiger partial charge is 0.469 e. The van der Waals surface area contributed by atoms with Gasteiger partial charge in [0, 0.05) is 30.8 Å². The van der Waals surface area contributed by atoms with Crippen molar-refractivity contribution in [3.05, 3.63) is 28.8 Å². The van der Waals surface area contributed by atoms with Crippen LogP contribution in [0.15, 0.2) is 18.2 Å². The van der Waals surface area contributed by atoms with Gasteiger partial charge in [-0.15, -0.1) is 12.4 Å². The Morgan fingerprint density at radius 3 is 2.56 bits per heavy atom. The number of ether oxygens (including phenoxy) is 1. The number of carbonyl (C=O) groups is 1. The third-order valence-electron chi connectivity index (χ3n) is 2.51. The molecule has 1 rings (SSSR count). The molecule has 0 aliphatic carbocycles. The summed E-state index contributed by atoms with van der Waals surface area (Å²) in [5, 5.41) is 0.563. The summed E-state index contributed by atoms with van der Waals surface area (Å²) in [4.78, 5) is 13.1. The van der Waals surface area contributed by atoms with Crippen LogP contribution in [-0.2, 0) is 9.53 Å². The lowest BCUT2D eigenvalue weighted by Gasteiger charge is -2.17. The normalized spacial score (nSPS) is 11.4. The summed E-state index contributed by atoms with van der Waals surface area (Å²) in [6.45, 7) is 0. The van der Waals surface area contributed by atoms with E-state index in [0.29, 0.717) is 5.02 Å². The Hall–Kier alpha value is -0.970. The molecule has 0 heterocycles. The first-order valence-electron chi connectivity index (χ1n) is 5.25. The quantitative estimate of drug-likeness (QED) is 0.866. The van der Waals surface area contributed by atoms with E-state index in [0.717, 1.165) is 11.3 Å². The number of hydrogen-bond acceptors (Lipinski definition) is 4. The minimum Gasteiger partial charge on any atom is -0.469 e. The van der Waals surface area contributed by atoms with E-state index in [1.807, 2.05) is 37.2 Å². The topological polar surface area (TPSA) is 55.6 Å². The number of halogens is 2. The van der Waals surface area contributed by atoms with Gasteiger partial charge in [0.2, 0.25) is 0 Å². The van der Waals surface area contributed by atoms with Gasteiger partial charge in [-0.1, -0.05) is 17.7 Å². The van der Waals surface area contributed by atoms with Crippen LogP contribution in [0, 0.1) is 0 Å². The number of hydrogen-bond donors (Lipinski definition) is 1. The first kappa shape index (κ1) is 17.0. The van der Waals surface area contributed by atoms with E-state index in [2.05, 4.69) is 4.74 Å². The van der Waals surface area contributed by atoms with Crippen LogP contribution in [0.4, 0.5) is 5.69 Å². The van der Waals surface area contributed by atoms with Gasteiger partial charge in [0.05, 0.1) is 13.5 Å². The summed E-state index contributed by atoms with van der Waals surface area (Å²) in [6.07, 6.45) is 0.123. The Morgan fingerprint density at radius 1 is 1.50 bits per heavy atom. The maximum absolute atomic E-state index is 11.1. The Morgan fingerprint density at radius 2 is 2.11 bits per heavy atom. The zero-order chi connectivity index (χ0) is 13.0. The Bertz CT molecular complexity index is 411. The molecule has 1 aromatic rings. The standard InChI is InChI=1S/C12H17ClN2O2.ClH/c1-15(2)8-4-5-9(10(13)6-8)11(14)7-12(16)17-3;/h4-6,11H,7,14H2,1-3H3;1H/t11-;/m1./s1. The molecule has 4 nitrogen and oxygen atoms in total. The number of benzene rings is 1. The maximum Gasteiger partial charge on any atom is 0.307 e. The lowest BCUT2D eigenvalue weighted by Crippen LogP contribution is -2.17. The molecule has 6 heteroatoms. The Kier molecular flexibility index (Phi) is 7.06. The van der Waals surface area contributed by atoms with Crippen LogP contribution in [0.1, 0.15) is 18.0 Å². The van der Waals surface area contributed by atoms with Crippen molar-refractivity contribution in [2.75, 3.05) is 26.1 Å². The molecule has 0 saturated carbocycles. The molecular weight excluding hydrogens is 275 g/mol. The Balaban J connectivity index is 0.00000289. The van der Waals surface area contributed by atoms with Crippen LogP contribution in [-0.4, -0.2) is 27.2 Å². The molecule has 0 radical (unpaired) electrons. The molecular formula is C12H18Cl2N2O2. The van der Waals surface area contributed by atoms with Crippen LogP contribution in [0.5, 0.6) is 0 Å². The molecule has 0 spiro atoms. The van der Waals surface area contributed by atoms with Gasteiger partial charge in [0.1, 0.15) is 0 Å². The highest BCUT2D eigenvalue weighted by Crippen LogP contribution is 2.27. The zero-order valence-corrected chi connectivity index (χ0v) is 12.2. The molecule has 18 heavy (non-hydrogen) atoms. The smallest absolute Gasteiger partial charge is 0.307 e. The lowest BCUT2D eigenvalue weighted by molar-refractivity contribution is -0.141. The SMILES string of the molecule is COC(=O)C[C@@H](N)c1ccc(N(C)C)cc1Cl.Cl. The van der Waals surface area contributed by atoms with Crippen LogP contribution in [0.2, 0.25) is 5.02 Å². The van der Waals surface area contributed by atoms with Crippen LogP contribution in [0.3, 0.4) is 0 Å². The summed E-state index contributed by atoms with van der Waals surface area (Å²) >= 11 is 6.14. The molecule has 102 valence electrons. The predicted octanol–water partition coefficient (Wildman–Crippen LogP) is 2.39. The number of anilines is 1. The van der Waals surface area contributed by atoms with Crippen LogP contribution < -0.4 is 10.6 Å². The van der Waals surface area contributed by atoms with Crippen molar-refractivity contribution in [3.63, 3.8) is 0 Å². The van der Waals surface area contributed by atoms with E-state index in [1.54, 1.807) is 0 Å². The number of carbonyl (C=O) groups excluding carboxylic acids is 1. The van der Waals surface area contributed by atoms with E-state index in [-0.39, 0.29) is 24.8 Å². The fourth-order valence-electron chi connectivity index (χ4n) is 1.47. The molecule has 0 aromatic heterocycles. The third kappa shape index (κ3) is 4.37. The first-order chi connectivity index (χ1) is 7.95. The molecule has 1 atom stereocenters. The van der Waals surface area contributed by atoms with Crippen molar-refractivity contribution < 1.29 is 9.53 Å². The monoisotopic (exact) mass is 292 g/mol. The van der Waals surface area contributed by atoms with E-state index >= 15 is 0 Å². The van der Waals surface area contributed by atoms with Gasteiger partial charge in [0.25, 0.3) is 0 Å². The van der Waals surface area contributed by atoms with Gasteiger partial charge in [0.15, 0.2) is 0 Å². The van der Waals surface area contributed by atoms with E-state index < -0.39 is 6.04 Å². The van der Waals surface area contributed by atoms with Crippen molar-refractivity contribution in [1.29, 1.82) is 0 Å². The summed E-state index contributed by atoms with van der Waals surface area (Å²) in [5.74, 6) is -0.342. The zero-order valence-electron chi connectivity index (χ0n) is 10.6. The van der Waals surface area contributed by atoms with Crippen molar-refractivity contribution in [1.82, 2.24) is 0 Å². The van der Waals surface area contributed by atoms with E-state index in [1.165, 1.54) is 7.11 Å². The minimum atomic E-state index is -0.439. The minimum absolute atomic E-state index is 0. The number of esters is 1. The van der Waals surface area contributed by atoms with E-state index in [9.17, 15) is 4.79 Å². The molecule has 0 saturated heterocycles. The lowest BCUT2D eigenvalue weighted by atomic mass is 10.0. The van der Waals surface area contributed by atoms with Gasteiger partial charge >= 0.3 is 5.97 Å². The van der Waals surface area contributed by atoms with Crippen molar-refractivity contribution in [2.45, 2.75) is 12.5 Å². The molecule has 0 aliphatic rings. The fourth-order valence-corrected chi connectivity index (χ4v) is 1.78. The molecule has 0 aliphatic heterocycles. The van der Waals surface area contributed by atoms with Gasteiger partial charge in [-0.2, -0.15) is 0 Å². The number of nitrogens with zero attached hydrogens (tertiary/aromatic N) is 1. The summed E-state index contributed by atoms with van der Waals surface area (Å²) in [6, 6.07) is 5.14. The fraction of sp³-hybridized carbons (Fsp3) is 0.417. The molecule has 0 bridgehead atoms. The summed E-state index contributed by atoms with van der Waals surface area (Å²) in [5.41, 5.74) is 7.64. The maximum atomic E-state index is 11.1. The average molecular weight is 293 g/mol. The van der Waals surface area contributed by atoms with Crippen LogP contribution >= 0.6 is 24.0 Å². The van der Waals surface area contributed by atoms with E-state index in [4.69, 9.17) is 17.3 Å². The van der Waals surface area contributed by atoms with Crippen molar-refractivity contribution >= 4 is 35.7 Å². The second-order valence-electron chi connectivity index (χ2n) is 3.99. The second kappa shape index (κ2) is 7.46. The Labute approximate surface area is 118 Å². The average Bonchev–Trinajstić information content (AvgIpc) is 2.28. The molecule has 2 N–H and O–H groups in total. The third-order valence-corrected chi connectivity index (χ3v) is 2.84. The van der Waals surface area contributed by atoms with Gasteiger partial charge in [-0.3, -0.25) is 4.79 Å². The number of methoxy groups -OCH3 is 1. The van der Waals surface area contributed by atoms with Crippen LogP contribution in [0.25, 0.3) is 0 Å². The predicted molar refractivity (Wildman–Crippen MR) is 76.6 cm³/mol. The number of nitrogens with two attached hydrogens (primary N) is 1. The van der Waals surface area contributed by atoms with Gasteiger partial charge in [-0.05, 0) is 17.7 Å². The molecule has 0 amide bonds. The van der Waals surface area contributed by atoms with Crippen molar-refractivity contribution in [3.8, 4) is 0 Å². The van der Waals surface area contributed by atoms with Crippen molar-refractivity contribution in [2.24, 2.45) is 5.73 Å². The highest BCUT2D eigenvalue weighted by atomic mass is 35.5. The molecule has 0 unspecified atom stereocenters.